The van der Waals surface area contributed by atoms with Crippen LogP contribution in [0.3, 0.4) is 0 Å². The lowest BCUT2D eigenvalue weighted by molar-refractivity contribution is -0.112. The number of hydrogen-bond donors (Lipinski definition) is 2. The predicted octanol–water partition coefficient (Wildman–Crippen LogP) is 5.11. The van der Waals surface area contributed by atoms with Crippen LogP contribution in [0.15, 0.2) is 48.2 Å². The molecule has 128 valence electrons. The number of nitriles is 1. The second-order valence-corrected chi connectivity index (χ2v) is 6.02. The fourth-order valence-electron chi connectivity index (χ4n) is 1.87. The van der Waals surface area contributed by atoms with E-state index in [1.807, 2.05) is 6.07 Å². The molecule has 0 unspecified atom stereocenters. The Bertz CT molecular complexity index is 876. The van der Waals surface area contributed by atoms with Gasteiger partial charge in [0.05, 0.1) is 23.5 Å². The number of hydrogen-bond acceptors (Lipinski definition) is 4. The number of nitrogens with one attached hydrogen (secondary N) is 2. The third kappa shape index (κ3) is 5.04. The second-order valence-electron chi connectivity index (χ2n) is 4.74. The molecule has 0 atom stereocenters. The van der Waals surface area contributed by atoms with Crippen LogP contribution in [-0.2, 0) is 4.79 Å². The summed E-state index contributed by atoms with van der Waals surface area (Å²) in [6, 6.07) is 11.4. The van der Waals surface area contributed by atoms with E-state index in [1.54, 1.807) is 30.3 Å². The molecule has 0 radical (unpaired) electrons. The summed E-state index contributed by atoms with van der Waals surface area (Å²) < 4.78 is 5.15. The van der Waals surface area contributed by atoms with Crippen molar-refractivity contribution in [3.8, 4) is 11.8 Å². The molecular formula is C17H12Cl3N3O2. The van der Waals surface area contributed by atoms with Crippen LogP contribution in [0.4, 0.5) is 11.4 Å². The molecule has 5 nitrogen and oxygen atoms in total. The van der Waals surface area contributed by atoms with Gasteiger partial charge in [0.25, 0.3) is 5.91 Å². The third-order valence-corrected chi connectivity index (χ3v) is 3.86. The molecule has 0 bridgehead atoms. The molecule has 8 heteroatoms. The van der Waals surface area contributed by atoms with Crippen LogP contribution in [0.25, 0.3) is 0 Å². The van der Waals surface area contributed by atoms with Crippen LogP contribution in [0.1, 0.15) is 0 Å². The zero-order valence-corrected chi connectivity index (χ0v) is 15.2. The van der Waals surface area contributed by atoms with Crippen LogP contribution in [-0.4, -0.2) is 13.0 Å². The molecule has 0 aliphatic heterocycles. The molecule has 0 spiro atoms. The van der Waals surface area contributed by atoms with E-state index in [0.29, 0.717) is 32.2 Å². The minimum atomic E-state index is -0.624. The molecule has 0 aliphatic rings. The Kier molecular flexibility index (Phi) is 6.54. The van der Waals surface area contributed by atoms with E-state index in [9.17, 15) is 10.1 Å². The van der Waals surface area contributed by atoms with E-state index < -0.39 is 5.91 Å². The van der Waals surface area contributed by atoms with Gasteiger partial charge in [-0.05, 0) is 36.4 Å². The number of carbonyl (C=O) groups excluding carboxylic acids is 1. The Morgan fingerprint density at radius 2 is 1.80 bits per heavy atom. The Morgan fingerprint density at radius 1 is 1.12 bits per heavy atom. The van der Waals surface area contributed by atoms with Gasteiger partial charge in [-0.25, -0.2) is 0 Å². The van der Waals surface area contributed by atoms with Crippen molar-refractivity contribution in [1.29, 1.82) is 5.26 Å². The van der Waals surface area contributed by atoms with Gasteiger partial charge in [0.2, 0.25) is 0 Å². The first-order chi connectivity index (χ1) is 11.9. The number of ether oxygens (including phenoxy) is 1. The number of anilines is 2. The molecule has 0 aromatic heterocycles. The molecule has 0 aliphatic carbocycles. The summed E-state index contributed by atoms with van der Waals surface area (Å²) in [5.41, 5.74) is 0.700. The second kappa shape index (κ2) is 8.63. The van der Waals surface area contributed by atoms with Crippen molar-refractivity contribution in [2.45, 2.75) is 0 Å². The zero-order valence-electron chi connectivity index (χ0n) is 12.9. The van der Waals surface area contributed by atoms with Gasteiger partial charge in [0, 0.05) is 16.2 Å². The summed E-state index contributed by atoms with van der Waals surface area (Å²) in [5.74, 6) is -0.204. The first kappa shape index (κ1) is 18.9. The van der Waals surface area contributed by atoms with Gasteiger partial charge < -0.3 is 15.4 Å². The van der Waals surface area contributed by atoms with Gasteiger partial charge >= 0.3 is 0 Å². The van der Waals surface area contributed by atoms with Crippen molar-refractivity contribution in [2.75, 3.05) is 17.7 Å². The van der Waals surface area contributed by atoms with Crippen molar-refractivity contribution in [3.63, 3.8) is 0 Å². The maximum absolute atomic E-state index is 12.3. The SMILES string of the molecule is COc1ccc(Cl)cc1NC(=O)/C(C#N)=C\Nc1ccc(Cl)cc1Cl. The van der Waals surface area contributed by atoms with E-state index in [4.69, 9.17) is 39.5 Å². The molecule has 2 aromatic rings. The van der Waals surface area contributed by atoms with Gasteiger partial charge in [0.1, 0.15) is 17.4 Å². The van der Waals surface area contributed by atoms with E-state index in [0.717, 1.165) is 0 Å². The van der Waals surface area contributed by atoms with Gasteiger partial charge in [0.15, 0.2) is 0 Å². The minimum absolute atomic E-state index is 0.159. The van der Waals surface area contributed by atoms with Gasteiger partial charge in [-0.2, -0.15) is 5.26 Å². The average Bonchev–Trinajstić information content (AvgIpc) is 2.57. The fourth-order valence-corrected chi connectivity index (χ4v) is 2.51. The van der Waals surface area contributed by atoms with Crippen molar-refractivity contribution < 1.29 is 9.53 Å². The standard InChI is InChI=1S/C17H12Cl3N3O2/c1-25-16-5-3-12(19)7-15(16)23-17(24)10(8-21)9-22-14-4-2-11(18)6-13(14)20/h2-7,9,22H,1H3,(H,23,24)/b10-9-. The number of methoxy groups -OCH3 is 1. The number of amides is 1. The predicted molar refractivity (Wildman–Crippen MR) is 100 cm³/mol. The van der Waals surface area contributed by atoms with Gasteiger partial charge in [-0.1, -0.05) is 34.8 Å². The van der Waals surface area contributed by atoms with Gasteiger partial charge in [-0.15, -0.1) is 0 Å². The normalized spacial score (nSPS) is 10.8. The summed E-state index contributed by atoms with van der Waals surface area (Å²) in [6.45, 7) is 0. The van der Waals surface area contributed by atoms with Crippen molar-refractivity contribution in [1.82, 2.24) is 0 Å². The molecular weight excluding hydrogens is 385 g/mol. The first-order valence-electron chi connectivity index (χ1n) is 6.91. The molecule has 1 amide bonds. The summed E-state index contributed by atoms with van der Waals surface area (Å²) in [4.78, 5) is 12.3. The lowest BCUT2D eigenvalue weighted by Gasteiger charge is -2.10. The first-order valence-corrected chi connectivity index (χ1v) is 8.04. The average molecular weight is 397 g/mol. The van der Waals surface area contributed by atoms with E-state index in [1.165, 1.54) is 19.4 Å². The number of rotatable bonds is 5. The summed E-state index contributed by atoms with van der Waals surface area (Å²) >= 11 is 17.8. The van der Waals surface area contributed by atoms with E-state index in [2.05, 4.69) is 10.6 Å². The van der Waals surface area contributed by atoms with Gasteiger partial charge in [-0.3, -0.25) is 4.79 Å². The Balaban J connectivity index is 2.18. The number of carbonyl (C=O) groups is 1. The maximum atomic E-state index is 12.3. The fraction of sp³-hybridized carbons (Fsp3) is 0.0588. The molecule has 0 saturated carbocycles. The molecule has 0 saturated heterocycles. The van der Waals surface area contributed by atoms with Crippen LogP contribution in [0.2, 0.25) is 15.1 Å². The number of halogens is 3. The largest absolute Gasteiger partial charge is 0.495 e. The quantitative estimate of drug-likeness (QED) is 0.544. The molecule has 0 heterocycles. The maximum Gasteiger partial charge on any atom is 0.267 e. The lowest BCUT2D eigenvalue weighted by Crippen LogP contribution is -2.15. The summed E-state index contributed by atoms with van der Waals surface area (Å²) in [7, 11) is 1.46. The highest BCUT2D eigenvalue weighted by Gasteiger charge is 2.13. The summed E-state index contributed by atoms with van der Waals surface area (Å²) in [6.07, 6.45) is 1.25. The molecule has 2 aromatic carbocycles. The highest BCUT2D eigenvalue weighted by molar-refractivity contribution is 6.36. The van der Waals surface area contributed by atoms with Crippen LogP contribution in [0, 0.1) is 11.3 Å². The minimum Gasteiger partial charge on any atom is -0.495 e. The topological polar surface area (TPSA) is 74.1 Å². The third-order valence-electron chi connectivity index (χ3n) is 3.08. The number of nitrogens with zero attached hydrogens (tertiary/aromatic N) is 1. The van der Waals surface area contributed by atoms with Crippen molar-refractivity contribution in [2.24, 2.45) is 0 Å². The monoisotopic (exact) mass is 395 g/mol. The lowest BCUT2D eigenvalue weighted by atomic mass is 10.2. The van der Waals surface area contributed by atoms with Crippen molar-refractivity contribution >= 4 is 52.1 Å². The smallest absolute Gasteiger partial charge is 0.267 e. The van der Waals surface area contributed by atoms with Crippen LogP contribution >= 0.6 is 34.8 Å². The Labute approximate surface area is 159 Å². The highest BCUT2D eigenvalue weighted by atomic mass is 35.5. The molecule has 2 rings (SSSR count). The Morgan fingerprint density at radius 3 is 2.44 bits per heavy atom. The highest BCUT2D eigenvalue weighted by Crippen LogP contribution is 2.28. The number of benzene rings is 2. The molecule has 25 heavy (non-hydrogen) atoms. The molecule has 2 N–H and O–H groups in total. The van der Waals surface area contributed by atoms with E-state index in [-0.39, 0.29) is 5.57 Å². The van der Waals surface area contributed by atoms with E-state index >= 15 is 0 Å². The summed E-state index contributed by atoms with van der Waals surface area (Å²) in [5, 5.41) is 15.9. The Hall–Kier alpha value is -2.39. The zero-order chi connectivity index (χ0) is 18.4. The van der Waals surface area contributed by atoms with Crippen molar-refractivity contribution in [3.05, 3.63) is 63.2 Å². The van der Waals surface area contributed by atoms with Crippen LogP contribution < -0.4 is 15.4 Å². The molecule has 0 fully saturated rings. The van der Waals surface area contributed by atoms with Crippen LogP contribution in [0.5, 0.6) is 5.75 Å².